The van der Waals surface area contributed by atoms with Gasteiger partial charge in [-0.15, -0.1) is 0 Å². The van der Waals surface area contributed by atoms with Crippen molar-refractivity contribution in [3.8, 4) is 0 Å². The molecule has 0 aliphatic rings. The zero-order valence-electron chi connectivity index (χ0n) is 9.83. The van der Waals surface area contributed by atoms with Crippen molar-refractivity contribution in [3.63, 3.8) is 0 Å². The molecule has 1 aromatic heterocycles. The third-order valence-electron chi connectivity index (χ3n) is 2.57. The number of aryl methyl sites for hydroxylation is 1. The van der Waals surface area contributed by atoms with Gasteiger partial charge in [0.1, 0.15) is 5.82 Å². The molecule has 0 saturated carbocycles. The first-order chi connectivity index (χ1) is 8.61. The summed E-state index contributed by atoms with van der Waals surface area (Å²) in [5.41, 5.74) is 7.40. The Morgan fingerprint density at radius 2 is 2.33 bits per heavy atom. The van der Waals surface area contributed by atoms with Gasteiger partial charge in [-0.3, -0.25) is 9.89 Å². The summed E-state index contributed by atoms with van der Waals surface area (Å²) in [5.74, 6) is 0.271. The Kier molecular flexibility index (Phi) is 3.53. The number of benzene rings is 1. The van der Waals surface area contributed by atoms with Crippen molar-refractivity contribution >= 4 is 29.0 Å². The van der Waals surface area contributed by atoms with Gasteiger partial charge < -0.3 is 11.1 Å². The van der Waals surface area contributed by atoms with E-state index in [2.05, 4.69) is 15.5 Å². The molecule has 0 aliphatic heterocycles. The number of amides is 1. The third kappa shape index (κ3) is 2.46. The number of hydrogen-bond acceptors (Lipinski definition) is 3. The fourth-order valence-electron chi connectivity index (χ4n) is 1.59. The summed E-state index contributed by atoms with van der Waals surface area (Å²) in [4.78, 5) is 12.1. The number of hydrogen-bond donors (Lipinski definition) is 3. The summed E-state index contributed by atoms with van der Waals surface area (Å²) in [6.07, 6.45) is 2.45. The standard InChI is InChI=1S/C12H13ClN4O/c1-2-7-6-15-17-11(7)16-12(18)9-5-8(14)3-4-10(9)13/h3-6H,2,14H2,1H3,(H2,15,16,17,18). The van der Waals surface area contributed by atoms with Crippen LogP contribution in [0.4, 0.5) is 11.5 Å². The van der Waals surface area contributed by atoms with Crippen LogP contribution in [0.2, 0.25) is 5.02 Å². The molecule has 0 spiro atoms. The molecular formula is C12H13ClN4O. The fourth-order valence-corrected chi connectivity index (χ4v) is 1.79. The van der Waals surface area contributed by atoms with E-state index >= 15 is 0 Å². The highest BCUT2D eigenvalue weighted by Gasteiger charge is 2.13. The minimum atomic E-state index is -0.314. The van der Waals surface area contributed by atoms with E-state index in [4.69, 9.17) is 17.3 Å². The highest BCUT2D eigenvalue weighted by atomic mass is 35.5. The van der Waals surface area contributed by atoms with Crippen LogP contribution < -0.4 is 11.1 Å². The largest absolute Gasteiger partial charge is 0.399 e. The molecule has 1 aromatic carbocycles. The van der Waals surface area contributed by atoms with Crippen LogP contribution in [-0.2, 0) is 6.42 Å². The molecule has 1 amide bonds. The maximum absolute atomic E-state index is 12.1. The second-order valence-electron chi connectivity index (χ2n) is 3.82. The molecule has 0 aliphatic carbocycles. The average molecular weight is 265 g/mol. The molecule has 0 saturated heterocycles. The van der Waals surface area contributed by atoms with Crippen LogP contribution in [0.15, 0.2) is 24.4 Å². The van der Waals surface area contributed by atoms with Gasteiger partial charge in [0.15, 0.2) is 0 Å². The molecule has 18 heavy (non-hydrogen) atoms. The number of aromatic amines is 1. The first-order valence-corrected chi connectivity index (χ1v) is 5.88. The molecule has 5 nitrogen and oxygen atoms in total. The predicted octanol–water partition coefficient (Wildman–Crippen LogP) is 2.46. The van der Waals surface area contributed by atoms with Gasteiger partial charge in [0.25, 0.3) is 5.91 Å². The predicted molar refractivity (Wildman–Crippen MR) is 71.8 cm³/mol. The van der Waals surface area contributed by atoms with Crippen molar-refractivity contribution in [1.29, 1.82) is 0 Å². The Morgan fingerprint density at radius 3 is 3.06 bits per heavy atom. The Balaban J connectivity index is 2.25. The van der Waals surface area contributed by atoms with Gasteiger partial charge in [-0.1, -0.05) is 18.5 Å². The van der Waals surface area contributed by atoms with Gasteiger partial charge in [-0.2, -0.15) is 5.10 Å². The number of nitrogens with two attached hydrogens (primary N) is 1. The molecule has 6 heteroatoms. The van der Waals surface area contributed by atoms with E-state index in [1.54, 1.807) is 24.4 Å². The molecule has 0 radical (unpaired) electrons. The Morgan fingerprint density at radius 1 is 1.56 bits per heavy atom. The van der Waals surface area contributed by atoms with E-state index in [0.29, 0.717) is 22.1 Å². The lowest BCUT2D eigenvalue weighted by Gasteiger charge is -2.07. The number of halogens is 1. The number of nitrogen functional groups attached to an aromatic ring is 1. The molecule has 2 aromatic rings. The molecule has 0 atom stereocenters. The normalized spacial score (nSPS) is 10.3. The quantitative estimate of drug-likeness (QED) is 0.745. The van der Waals surface area contributed by atoms with Crippen LogP contribution >= 0.6 is 11.6 Å². The van der Waals surface area contributed by atoms with Gasteiger partial charge >= 0.3 is 0 Å². The lowest BCUT2D eigenvalue weighted by Crippen LogP contribution is -2.14. The average Bonchev–Trinajstić information content (AvgIpc) is 2.79. The number of carbonyl (C=O) groups excluding carboxylic acids is 1. The van der Waals surface area contributed by atoms with Gasteiger partial charge in [-0.05, 0) is 24.6 Å². The van der Waals surface area contributed by atoms with Gasteiger partial charge in [0.05, 0.1) is 16.8 Å². The molecular weight excluding hydrogens is 252 g/mol. The first kappa shape index (κ1) is 12.4. The van der Waals surface area contributed by atoms with E-state index in [1.807, 2.05) is 6.92 Å². The molecule has 0 fully saturated rings. The highest BCUT2D eigenvalue weighted by Crippen LogP contribution is 2.21. The second-order valence-corrected chi connectivity index (χ2v) is 4.22. The lowest BCUT2D eigenvalue weighted by atomic mass is 10.2. The van der Waals surface area contributed by atoms with Crippen molar-refractivity contribution in [3.05, 3.63) is 40.5 Å². The number of anilines is 2. The van der Waals surface area contributed by atoms with Crippen LogP contribution in [0.5, 0.6) is 0 Å². The smallest absolute Gasteiger partial charge is 0.258 e. The highest BCUT2D eigenvalue weighted by molar-refractivity contribution is 6.34. The first-order valence-electron chi connectivity index (χ1n) is 5.50. The fraction of sp³-hybridized carbons (Fsp3) is 0.167. The monoisotopic (exact) mass is 264 g/mol. The Bertz CT molecular complexity index is 579. The number of nitrogens with zero attached hydrogens (tertiary/aromatic N) is 1. The molecule has 0 bridgehead atoms. The molecule has 1 heterocycles. The van der Waals surface area contributed by atoms with Crippen LogP contribution in [0.1, 0.15) is 22.8 Å². The number of H-pyrrole nitrogens is 1. The van der Waals surface area contributed by atoms with Gasteiger partial charge in [0.2, 0.25) is 0 Å². The topological polar surface area (TPSA) is 83.8 Å². The van der Waals surface area contributed by atoms with E-state index in [1.165, 1.54) is 0 Å². The Hall–Kier alpha value is -2.01. The number of rotatable bonds is 3. The molecule has 4 N–H and O–H groups in total. The SMILES string of the molecule is CCc1cn[nH]c1NC(=O)c1cc(N)ccc1Cl. The van der Waals surface area contributed by atoms with E-state index in [-0.39, 0.29) is 5.91 Å². The zero-order valence-corrected chi connectivity index (χ0v) is 10.6. The van der Waals surface area contributed by atoms with Crippen LogP contribution in [0.25, 0.3) is 0 Å². The summed E-state index contributed by atoms with van der Waals surface area (Å²) >= 11 is 5.96. The minimum Gasteiger partial charge on any atom is -0.399 e. The van der Waals surface area contributed by atoms with Crippen molar-refractivity contribution in [2.75, 3.05) is 11.1 Å². The van der Waals surface area contributed by atoms with Crippen LogP contribution in [0, 0.1) is 0 Å². The van der Waals surface area contributed by atoms with Gasteiger partial charge in [-0.25, -0.2) is 0 Å². The number of nitrogens with one attached hydrogen (secondary N) is 2. The maximum Gasteiger partial charge on any atom is 0.258 e. The summed E-state index contributed by atoms with van der Waals surface area (Å²) in [7, 11) is 0. The maximum atomic E-state index is 12.1. The van der Waals surface area contributed by atoms with Crippen molar-refractivity contribution in [2.24, 2.45) is 0 Å². The molecule has 94 valence electrons. The number of carbonyl (C=O) groups is 1. The summed E-state index contributed by atoms with van der Waals surface area (Å²) in [6, 6.07) is 4.78. The van der Waals surface area contributed by atoms with Gasteiger partial charge in [0, 0.05) is 11.3 Å². The molecule has 0 unspecified atom stereocenters. The van der Waals surface area contributed by atoms with Crippen molar-refractivity contribution < 1.29 is 4.79 Å². The lowest BCUT2D eigenvalue weighted by molar-refractivity contribution is 0.102. The minimum absolute atomic E-state index is 0.314. The van der Waals surface area contributed by atoms with E-state index < -0.39 is 0 Å². The third-order valence-corrected chi connectivity index (χ3v) is 2.90. The van der Waals surface area contributed by atoms with Crippen LogP contribution in [0.3, 0.4) is 0 Å². The Labute approximate surface area is 109 Å². The number of aromatic nitrogens is 2. The summed E-state index contributed by atoms with van der Waals surface area (Å²) < 4.78 is 0. The van der Waals surface area contributed by atoms with Crippen molar-refractivity contribution in [2.45, 2.75) is 13.3 Å². The zero-order chi connectivity index (χ0) is 13.1. The van der Waals surface area contributed by atoms with Crippen LogP contribution in [-0.4, -0.2) is 16.1 Å². The van der Waals surface area contributed by atoms with Crippen molar-refractivity contribution in [1.82, 2.24) is 10.2 Å². The summed E-state index contributed by atoms with van der Waals surface area (Å²) in [5, 5.41) is 9.71. The van der Waals surface area contributed by atoms with E-state index in [0.717, 1.165) is 12.0 Å². The van der Waals surface area contributed by atoms with E-state index in [9.17, 15) is 4.79 Å². The molecule has 2 rings (SSSR count). The second kappa shape index (κ2) is 5.10. The summed E-state index contributed by atoms with van der Waals surface area (Å²) in [6.45, 7) is 1.98.